The Labute approximate surface area is 113 Å². The van der Waals surface area contributed by atoms with Crippen molar-refractivity contribution in [3.8, 4) is 6.07 Å². The van der Waals surface area contributed by atoms with Crippen LogP contribution in [0.25, 0.3) is 0 Å². The summed E-state index contributed by atoms with van der Waals surface area (Å²) in [5.74, 6) is -0.329. The highest BCUT2D eigenvalue weighted by atomic mass is 19.1. The first-order valence-corrected chi connectivity index (χ1v) is 6.93. The van der Waals surface area contributed by atoms with E-state index in [1.165, 1.54) is 44.5 Å². The third kappa shape index (κ3) is 2.63. The van der Waals surface area contributed by atoms with Gasteiger partial charge in [-0.1, -0.05) is 0 Å². The number of rotatable bonds is 3. The van der Waals surface area contributed by atoms with Crippen LogP contribution in [0.2, 0.25) is 0 Å². The average Bonchev–Trinajstić information content (AvgIpc) is 2.99. The number of halogens is 1. The zero-order valence-electron chi connectivity index (χ0n) is 10.9. The van der Waals surface area contributed by atoms with Gasteiger partial charge in [0, 0.05) is 25.2 Å². The second-order valence-electron chi connectivity index (χ2n) is 5.48. The van der Waals surface area contributed by atoms with Gasteiger partial charge in [0.1, 0.15) is 5.82 Å². The van der Waals surface area contributed by atoms with Gasteiger partial charge in [-0.2, -0.15) is 5.26 Å². The standard InChI is InChI=1S/C15H18FN3/c16-13-7-11(9-17)6-12(8-13)10-18-14-3-5-19-4-1-2-15(14)19/h6-8,14-15,18H,1-5,10H2. The molecule has 2 fully saturated rings. The SMILES string of the molecule is N#Cc1cc(F)cc(CNC2CCN3CCCC23)c1. The van der Waals surface area contributed by atoms with Crippen molar-refractivity contribution in [1.29, 1.82) is 5.26 Å². The van der Waals surface area contributed by atoms with Crippen LogP contribution in [-0.4, -0.2) is 30.1 Å². The van der Waals surface area contributed by atoms with Gasteiger partial charge in [0.25, 0.3) is 0 Å². The number of nitriles is 1. The van der Waals surface area contributed by atoms with Crippen LogP contribution in [-0.2, 0) is 6.54 Å². The van der Waals surface area contributed by atoms with Gasteiger partial charge in [-0.15, -0.1) is 0 Å². The summed E-state index contributed by atoms with van der Waals surface area (Å²) >= 11 is 0. The molecular weight excluding hydrogens is 241 g/mol. The fourth-order valence-corrected chi connectivity index (χ4v) is 3.39. The van der Waals surface area contributed by atoms with Crippen LogP contribution in [0.4, 0.5) is 4.39 Å². The molecule has 1 aromatic rings. The molecule has 2 atom stereocenters. The Bertz CT molecular complexity index is 509. The van der Waals surface area contributed by atoms with Crippen LogP contribution in [0.3, 0.4) is 0 Å². The van der Waals surface area contributed by atoms with E-state index in [4.69, 9.17) is 5.26 Å². The van der Waals surface area contributed by atoms with Crippen molar-refractivity contribution >= 4 is 0 Å². The van der Waals surface area contributed by atoms with Crippen molar-refractivity contribution in [2.75, 3.05) is 13.1 Å². The van der Waals surface area contributed by atoms with Crippen LogP contribution in [0, 0.1) is 17.1 Å². The predicted molar refractivity (Wildman–Crippen MR) is 71.0 cm³/mol. The highest BCUT2D eigenvalue weighted by molar-refractivity contribution is 5.33. The zero-order chi connectivity index (χ0) is 13.2. The Kier molecular flexibility index (Phi) is 3.50. The molecule has 2 unspecified atom stereocenters. The summed E-state index contributed by atoms with van der Waals surface area (Å²) in [6, 6.07) is 7.71. The van der Waals surface area contributed by atoms with Crippen molar-refractivity contribution < 1.29 is 4.39 Å². The molecule has 1 N–H and O–H groups in total. The number of hydrogen-bond donors (Lipinski definition) is 1. The van der Waals surface area contributed by atoms with E-state index < -0.39 is 0 Å². The molecule has 19 heavy (non-hydrogen) atoms. The molecule has 4 heteroatoms. The number of fused-ring (bicyclic) bond motifs is 1. The topological polar surface area (TPSA) is 39.1 Å². The van der Waals surface area contributed by atoms with Gasteiger partial charge in [-0.25, -0.2) is 4.39 Å². The lowest BCUT2D eigenvalue weighted by Crippen LogP contribution is -2.38. The summed E-state index contributed by atoms with van der Waals surface area (Å²) in [4.78, 5) is 2.55. The predicted octanol–water partition coefficient (Wildman–Crippen LogP) is 2.02. The summed E-state index contributed by atoms with van der Waals surface area (Å²) in [6.45, 7) is 3.04. The van der Waals surface area contributed by atoms with Gasteiger partial charge in [-0.05, 0) is 49.6 Å². The van der Waals surface area contributed by atoms with E-state index in [0.29, 0.717) is 24.2 Å². The van der Waals surface area contributed by atoms with Crippen molar-refractivity contribution in [3.05, 3.63) is 35.1 Å². The summed E-state index contributed by atoms with van der Waals surface area (Å²) < 4.78 is 13.3. The number of nitrogens with zero attached hydrogens (tertiary/aromatic N) is 2. The van der Waals surface area contributed by atoms with Crippen molar-refractivity contribution in [2.24, 2.45) is 0 Å². The fourth-order valence-electron chi connectivity index (χ4n) is 3.39. The molecule has 2 aliphatic rings. The summed E-state index contributed by atoms with van der Waals surface area (Å²) in [6.07, 6.45) is 3.73. The zero-order valence-corrected chi connectivity index (χ0v) is 10.9. The lowest BCUT2D eigenvalue weighted by molar-refractivity contribution is 0.298. The molecule has 0 spiro atoms. The number of hydrogen-bond acceptors (Lipinski definition) is 3. The average molecular weight is 259 g/mol. The monoisotopic (exact) mass is 259 g/mol. The smallest absolute Gasteiger partial charge is 0.124 e. The van der Waals surface area contributed by atoms with E-state index in [2.05, 4.69) is 10.2 Å². The van der Waals surface area contributed by atoms with E-state index in [9.17, 15) is 4.39 Å². The molecule has 0 saturated carbocycles. The maximum atomic E-state index is 13.3. The second kappa shape index (κ2) is 5.28. The van der Waals surface area contributed by atoms with Crippen LogP contribution in [0.1, 0.15) is 30.4 Å². The Morgan fingerprint density at radius 2 is 2.21 bits per heavy atom. The van der Waals surface area contributed by atoms with E-state index in [1.807, 2.05) is 6.07 Å². The molecule has 0 aliphatic carbocycles. The number of nitrogens with one attached hydrogen (secondary N) is 1. The molecule has 2 aliphatic heterocycles. The summed E-state index contributed by atoms with van der Waals surface area (Å²) in [5, 5.41) is 12.4. The second-order valence-corrected chi connectivity index (χ2v) is 5.48. The Morgan fingerprint density at radius 1 is 1.32 bits per heavy atom. The fraction of sp³-hybridized carbons (Fsp3) is 0.533. The highest BCUT2D eigenvalue weighted by Crippen LogP contribution is 2.28. The van der Waals surface area contributed by atoms with Gasteiger partial charge >= 0.3 is 0 Å². The highest BCUT2D eigenvalue weighted by Gasteiger charge is 2.36. The third-order valence-corrected chi connectivity index (χ3v) is 4.26. The first-order valence-electron chi connectivity index (χ1n) is 6.93. The van der Waals surface area contributed by atoms with Crippen LogP contribution >= 0.6 is 0 Å². The lowest BCUT2D eigenvalue weighted by Gasteiger charge is -2.21. The van der Waals surface area contributed by atoms with Crippen molar-refractivity contribution in [2.45, 2.75) is 37.9 Å². The molecular formula is C15H18FN3. The maximum absolute atomic E-state index is 13.3. The molecule has 1 aromatic carbocycles. The van der Waals surface area contributed by atoms with E-state index in [1.54, 1.807) is 6.07 Å². The largest absolute Gasteiger partial charge is 0.308 e. The molecule has 3 nitrogen and oxygen atoms in total. The van der Waals surface area contributed by atoms with Gasteiger partial charge in [-0.3, -0.25) is 4.90 Å². The van der Waals surface area contributed by atoms with Crippen molar-refractivity contribution in [3.63, 3.8) is 0 Å². The van der Waals surface area contributed by atoms with E-state index in [-0.39, 0.29) is 5.82 Å². The van der Waals surface area contributed by atoms with Crippen LogP contribution in [0.5, 0.6) is 0 Å². The Hall–Kier alpha value is -1.44. The van der Waals surface area contributed by atoms with Gasteiger partial charge in [0.05, 0.1) is 11.6 Å². The first-order chi connectivity index (χ1) is 9.26. The summed E-state index contributed by atoms with van der Waals surface area (Å²) in [7, 11) is 0. The van der Waals surface area contributed by atoms with Gasteiger partial charge < -0.3 is 5.32 Å². The molecule has 2 saturated heterocycles. The molecule has 0 bridgehead atoms. The third-order valence-electron chi connectivity index (χ3n) is 4.26. The maximum Gasteiger partial charge on any atom is 0.124 e. The normalized spacial score (nSPS) is 26.3. The first kappa shape index (κ1) is 12.6. The summed E-state index contributed by atoms with van der Waals surface area (Å²) in [5.41, 5.74) is 1.25. The minimum atomic E-state index is -0.329. The van der Waals surface area contributed by atoms with Gasteiger partial charge in [0.15, 0.2) is 0 Å². The molecule has 0 radical (unpaired) electrons. The minimum absolute atomic E-state index is 0.329. The Balaban J connectivity index is 1.63. The van der Waals surface area contributed by atoms with Crippen LogP contribution < -0.4 is 5.32 Å². The minimum Gasteiger partial charge on any atom is -0.308 e. The number of benzene rings is 1. The molecule has 0 aromatic heterocycles. The van der Waals surface area contributed by atoms with Crippen molar-refractivity contribution in [1.82, 2.24) is 10.2 Å². The van der Waals surface area contributed by atoms with Crippen LogP contribution in [0.15, 0.2) is 18.2 Å². The lowest BCUT2D eigenvalue weighted by atomic mass is 10.1. The van der Waals surface area contributed by atoms with E-state index in [0.717, 1.165) is 5.56 Å². The Morgan fingerprint density at radius 3 is 3.05 bits per heavy atom. The van der Waals surface area contributed by atoms with E-state index >= 15 is 0 Å². The van der Waals surface area contributed by atoms with Gasteiger partial charge in [0.2, 0.25) is 0 Å². The molecule has 0 amide bonds. The quantitative estimate of drug-likeness (QED) is 0.902. The molecule has 2 heterocycles. The molecule has 3 rings (SSSR count). The molecule has 100 valence electrons.